The lowest BCUT2D eigenvalue weighted by Gasteiger charge is -2.29. The third kappa shape index (κ3) is 8.11. The zero-order valence-electron chi connectivity index (χ0n) is 20.1. The van der Waals surface area contributed by atoms with Crippen molar-refractivity contribution in [2.45, 2.75) is 89.5 Å². The molecule has 1 aliphatic carbocycles. The number of hydrogen-bond donors (Lipinski definition) is 0. The molecular weight excluding hydrogens is 489 g/mol. The van der Waals surface area contributed by atoms with Gasteiger partial charge in [-0.15, -0.1) is 13.2 Å². The van der Waals surface area contributed by atoms with Gasteiger partial charge in [0.1, 0.15) is 11.6 Å². The van der Waals surface area contributed by atoms with Crippen molar-refractivity contribution in [3.05, 3.63) is 65.0 Å². The highest BCUT2D eigenvalue weighted by atomic mass is 19.4. The van der Waals surface area contributed by atoms with E-state index in [2.05, 4.69) is 16.4 Å². The minimum Gasteiger partial charge on any atom is -0.406 e. The fourth-order valence-corrected chi connectivity index (χ4v) is 4.68. The molecular formula is C27H31F7O2. The molecule has 9 heteroatoms. The highest BCUT2D eigenvalue weighted by Gasteiger charge is 2.43. The fourth-order valence-electron chi connectivity index (χ4n) is 4.68. The first kappa shape index (κ1) is 28.3. The van der Waals surface area contributed by atoms with Crippen molar-refractivity contribution < 1.29 is 40.2 Å². The smallest absolute Gasteiger partial charge is 0.406 e. The summed E-state index contributed by atoms with van der Waals surface area (Å²) < 4.78 is 102. The van der Waals surface area contributed by atoms with Crippen molar-refractivity contribution in [1.82, 2.24) is 0 Å². The molecule has 2 aromatic carbocycles. The van der Waals surface area contributed by atoms with Crippen LogP contribution in [0, 0.1) is 11.7 Å². The van der Waals surface area contributed by atoms with Gasteiger partial charge in [-0.05, 0) is 66.8 Å². The molecule has 0 heterocycles. The molecule has 1 saturated carbocycles. The Kier molecular flexibility index (Phi) is 9.66. The summed E-state index contributed by atoms with van der Waals surface area (Å²) in [6, 6.07) is 7.36. The molecule has 0 amide bonds. The Bertz CT molecular complexity index is 952. The second-order valence-corrected chi connectivity index (χ2v) is 9.39. The lowest BCUT2D eigenvalue weighted by atomic mass is 9.77. The van der Waals surface area contributed by atoms with Crippen LogP contribution in [0.25, 0.3) is 0 Å². The minimum atomic E-state index is -4.96. The van der Waals surface area contributed by atoms with E-state index in [1.54, 1.807) is 6.07 Å². The van der Waals surface area contributed by atoms with Crippen molar-refractivity contribution >= 4 is 0 Å². The van der Waals surface area contributed by atoms with Crippen LogP contribution in [-0.2, 0) is 11.3 Å². The van der Waals surface area contributed by atoms with Crippen molar-refractivity contribution in [3.8, 4) is 5.75 Å². The third-order valence-electron chi connectivity index (χ3n) is 6.73. The van der Waals surface area contributed by atoms with Gasteiger partial charge in [0.2, 0.25) is 6.17 Å². The predicted octanol–water partition coefficient (Wildman–Crippen LogP) is 9.40. The predicted molar refractivity (Wildman–Crippen MR) is 122 cm³/mol. The maximum atomic E-state index is 14.6. The average Bonchev–Trinajstić information content (AvgIpc) is 2.83. The van der Waals surface area contributed by atoms with Crippen molar-refractivity contribution in [2.24, 2.45) is 5.92 Å². The molecule has 1 unspecified atom stereocenters. The van der Waals surface area contributed by atoms with Crippen molar-refractivity contribution in [1.29, 1.82) is 0 Å². The van der Waals surface area contributed by atoms with Gasteiger partial charge in [-0.3, -0.25) is 0 Å². The van der Waals surface area contributed by atoms with Crippen LogP contribution >= 0.6 is 0 Å². The summed E-state index contributed by atoms with van der Waals surface area (Å²) in [5.41, 5.74) is 0.0861. The Balaban J connectivity index is 1.54. The first-order valence-corrected chi connectivity index (χ1v) is 12.3. The van der Waals surface area contributed by atoms with E-state index in [1.165, 1.54) is 37.8 Å². The lowest BCUT2D eigenvalue weighted by Crippen LogP contribution is -2.27. The second-order valence-electron chi connectivity index (χ2n) is 9.39. The van der Waals surface area contributed by atoms with Gasteiger partial charge < -0.3 is 9.47 Å². The van der Waals surface area contributed by atoms with Gasteiger partial charge in [0.15, 0.2) is 0 Å². The van der Waals surface area contributed by atoms with Crippen LogP contribution < -0.4 is 4.74 Å². The van der Waals surface area contributed by atoms with Gasteiger partial charge in [-0.1, -0.05) is 56.9 Å². The summed E-state index contributed by atoms with van der Waals surface area (Å²) in [4.78, 5) is 0. The fraction of sp³-hybridized carbons (Fsp3) is 0.556. The Morgan fingerprint density at radius 1 is 0.917 bits per heavy atom. The first-order chi connectivity index (χ1) is 17.0. The van der Waals surface area contributed by atoms with Crippen LogP contribution in [0.4, 0.5) is 30.7 Å². The van der Waals surface area contributed by atoms with E-state index >= 15 is 0 Å². The number of benzene rings is 2. The van der Waals surface area contributed by atoms with Gasteiger partial charge in [-0.25, -0.2) is 8.78 Å². The molecule has 2 nitrogen and oxygen atoms in total. The van der Waals surface area contributed by atoms with E-state index in [0.717, 1.165) is 55.5 Å². The molecule has 1 fully saturated rings. The van der Waals surface area contributed by atoms with Gasteiger partial charge in [0.05, 0.1) is 6.61 Å². The first-order valence-electron chi connectivity index (χ1n) is 12.3. The zero-order chi connectivity index (χ0) is 26.3. The molecule has 0 radical (unpaired) electrons. The number of hydrogen-bond acceptors (Lipinski definition) is 2. The molecule has 1 atom stereocenters. The second kappa shape index (κ2) is 12.3. The molecule has 0 aromatic heterocycles. The van der Waals surface area contributed by atoms with E-state index in [0.29, 0.717) is 5.92 Å². The summed E-state index contributed by atoms with van der Waals surface area (Å²) in [5, 5.41) is 0. The standard InChI is InChI=1S/C27H31F7O2/c1-2-3-4-5-18-6-8-19(9-7-18)21-10-11-22(24(28)16-21)17-35-26(30,31)25(29)20-12-14-23(15-13-20)36-27(32,33)34/h10-16,18-19,25H,2-9,17H2,1H3. The molecule has 36 heavy (non-hydrogen) atoms. The average molecular weight is 521 g/mol. The van der Waals surface area contributed by atoms with E-state index < -0.39 is 42.4 Å². The molecule has 2 aromatic rings. The molecule has 0 aliphatic heterocycles. The summed E-state index contributed by atoms with van der Waals surface area (Å²) in [5.74, 6) is -0.445. The van der Waals surface area contributed by atoms with Crippen LogP contribution in [0.1, 0.15) is 87.1 Å². The topological polar surface area (TPSA) is 18.5 Å². The molecule has 0 spiro atoms. The van der Waals surface area contributed by atoms with Crippen molar-refractivity contribution in [2.75, 3.05) is 0 Å². The molecule has 3 rings (SSSR count). The minimum absolute atomic E-state index is 0.132. The number of rotatable bonds is 11. The van der Waals surface area contributed by atoms with Crippen LogP contribution in [0.5, 0.6) is 5.75 Å². The Morgan fingerprint density at radius 3 is 2.17 bits per heavy atom. The summed E-state index contributed by atoms with van der Waals surface area (Å²) >= 11 is 0. The number of alkyl halides is 6. The Morgan fingerprint density at radius 2 is 1.58 bits per heavy atom. The van der Waals surface area contributed by atoms with E-state index in [9.17, 15) is 30.7 Å². The highest BCUT2D eigenvalue weighted by Crippen LogP contribution is 2.40. The SMILES string of the molecule is CCCCCC1CCC(c2ccc(COC(F)(F)C(F)c3ccc(OC(F)(F)F)cc3)c(F)c2)CC1. The monoisotopic (exact) mass is 520 g/mol. The summed E-state index contributed by atoms with van der Waals surface area (Å²) in [7, 11) is 0. The highest BCUT2D eigenvalue weighted by molar-refractivity contribution is 5.30. The summed E-state index contributed by atoms with van der Waals surface area (Å²) in [6.45, 7) is 1.31. The Labute approximate surface area is 206 Å². The van der Waals surface area contributed by atoms with Crippen LogP contribution in [-0.4, -0.2) is 12.5 Å². The molecule has 0 bridgehead atoms. The van der Waals surface area contributed by atoms with Gasteiger partial charge >= 0.3 is 12.5 Å². The zero-order valence-corrected chi connectivity index (χ0v) is 20.1. The number of ether oxygens (including phenoxy) is 2. The van der Waals surface area contributed by atoms with Crippen LogP contribution in [0.15, 0.2) is 42.5 Å². The normalized spacial score (nSPS) is 19.8. The van der Waals surface area contributed by atoms with Gasteiger partial charge in [-0.2, -0.15) is 8.78 Å². The Hall–Kier alpha value is -2.29. The van der Waals surface area contributed by atoms with Gasteiger partial charge in [0, 0.05) is 5.56 Å². The third-order valence-corrected chi connectivity index (χ3v) is 6.73. The van der Waals surface area contributed by atoms with Crippen LogP contribution in [0.2, 0.25) is 0 Å². The molecule has 0 N–H and O–H groups in total. The number of halogens is 7. The van der Waals surface area contributed by atoms with Gasteiger partial charge in [0.25, 0.3) is 0 Å². The van der Waals surface area contributed by atoms with Crippen molar-refractivity contribution in [3.63, 3.8) is 0 Å². The lowest BCUT2D eigenvalue weighted by molar-refractivity contribution is -0.282. The van der Waals surface area contributed by atoms with E-state index in [4.69, 9.17) is 0 Å². The van der Waals surface area contributed by atoms with E-state index in [-0.39, 0.29) is 11.5 Å². The van der Waals surface area contributed by atoms with Crippen LogP contribution in [0.3, 0.4) is 0 Å². The van der Waals surface area contributed by atoms with E-state index in [1.807, 2.05) is 0 Å². The molecule has 0 saturated heterocycles. The largest absolute Gasteiger partial charge is 0.573 e. The quantitative estimate of drug-likeness (QED) is 0.217. The maximum absolute atomic E-state index is 14.6. The number of unbranched alkanes of at least 4 members (excludes halogenated alkanes) is 2. The molecule has 1 aliphatic rings. The maximum Gasteiger partial charge on any atom is 0.573 e. The summed E-state index contributed by atoms with van der Waals surface area (Å²) in [6.07, 6.45) is -3.27. The molecule has 200 valence electrons.